The van der Waals surface area contributed by atoms with Gasteiger partial charge in [0.2, 0.25) is 0 Å². The zero-order valence-electron chi connectivity index (χ0n) is 6.68. The highest BCUT2D eigenvalue weighted by Gasteiger charge is 2.04. The van der Waals surface area contributed by atoms with E-state index < -0.39 is 0 Å². The van der Waals surface area contributed by atoms with Crippen LogP contribution >= 0.6 is 11.3 Å². The molecule has 0 unspecified atom stereocenters. The number of hydrogen-bond donors (Lipinski definition) is 0. The molecular formula is C9H6N2OS. The summed E-state index contributed by atoms with van der Waals surface area (Å²) in [5.74, 6) is 0. The van der Waals surface area contributed by atoms with Gasteiger partial charge in [-0.3, -0.25) is 14.8 Å². The minimum absolute atomic E-state index is 0.603. The lowest BCUT2D eigenvalue weighted by molar-refractivity contribution is 0.112. The highest BCUT2D eigenvalue weighted by atomic mass is 32.1. The second-order valence-electron chi connectivity index (χ2n) is 2.45. The molecule has 2 rings (SSSR count). The van der Waals surface area contributed by atoms with Crippen LogP contribution in [0.3, 0.4) is 0 Å². The van der Waals surface area contributed by atoms with Crippen molar-refractivity contribution in [1.82, 2.24) is 9.97 Å². The number of carbonyl (C=O) groups excluding carboxylic acids is 1. The quantitative estimate of drug-likeness (QED) is 0.680. The Kier molecular flexibility index (Phi) is 2.14. The highest BCUT2D eigenvalue weighted by molar-refractivity contribution is 7.13. The Morgan fingerprint density at radius 1 is 1.31 bits per heavy atom. The van der Waals surface area contributed by atoms with Crippen LogP contribution in [0.4, 0.5) is 0 Å². The fourth-order valence-corrected chi connectivity index (χ4v) is 1.74. The van der Waals surface area contributed by atoms with Gasteiger partial charge in [-0.25, -0.2) is 0 Å². The first-order chi connectivity index (χ1) is 6.42. The largest absolute Gasteiger partial charge is 0.298 e. The first kappa shape index (κ1) is 8.07. The molecule has 0 spiro atoms. The molecule has 3 nitrogen and oxygen atoms in total. The summed E-state index contributed by atoms with van der Waals surface area (Å²) in [6, 6.07) is 1.82. The van der Waals surface area contributed by atoms with E-state index in [1.807, 2.05) is 6.07 Å². The lowest BCUT2D eigenvalue weighted by Gasteiger charge is -1.98. The van der Waals surface area contributed by atoms with Crippen LogP contribution in [0.25, 0.3) is 10.4 Å². The van der Waals surface area contributed by atoms with Gasteiger partial charge in [0, 0.05) is 29.7 Å². The van der Waals surface area contributed by atoms with Gasteiger partial charge in [0.15, 0.2) is 6.29 Å². The molecule has 0 amide bonds. The third-order valence-corrected chi connectivity index (χ3v) is 2.48. The van der Waals surface area contributed by atoms with E-state index in [0.29, 0.717) is 5.56 Å². The molecule has 2 heterocycles. The third kappa shape index (κ3) is 1.48. The van der Waals surface area contributed by atoms with Gasteiger partial charge in [-0.15, -0.1) is 11.3 Å². The minimum Gasteiger partial charge on any atom is -0.298 e. The maximum atomic E-state index is 10.7. The molecule has 0 aliphatic heterocycles. The minimum atomic E-state index is 0.603. The number of thiazole rings is 1. The Labute approximate surface area is 79.1 Å². The van der Waals surface area contributed by atoms with E-state index in [-0.39, 0.29) is 0 Å². The first-order valence-electron chi connectivity index (χ1n) is 3.70. The standard InChI is InChI=1S/C9H6N2OS/c12-5-7-3-10-2-1-8(7)9-4-11-6-13-9/h1-6H. The van der Waals surface area contributed by atoms with Crippen molar-refractivity contribution in [2.75, 3.05) is 0 Å². The van der Waals surface area contributed by atoms with Crippen LogP contribution < -0.4 is 0 Å². The molecule has 4 heteroatoms. The lowest BCUT2D eigenvalue weighted by Crippen LogP contribution is -1.86. The topological polar surface area (TPSA) is 42.9 Å². The van der Waals surface area contributed by atoms with Crippen LogP contribution in [0.2, 0.25) is 0 Å². The van der Waals surface area contributed by atoms with Gasteiger partial charge in [-0.1, -0.05) is 0 Å². The van der Waals surface area contributed by atoms with E-state index in [9.17, 15) is 4.79 Å². The van der Waals surface area contributed by atoms with E-state index in [2.05, 4.69) is 9.97 Å². The van der Waals surface area contributed by atoms with Crippen LogP contribution in [0, 0.1) is 0 Å². The summed E-state index contributed by atoms with van der Waals surface area (Å²) in [4.78, 5) is 19.5. The van der Waals surface area contributed by atoms with Crippen LogP contribution in [0.15, 0.2) is 30.2 Å². The lowest BCUT2D eigenvalue weighted by atomic mass is 10.1. The summed E-state index contributed by atoms with van der Waals surface area (Å²) in [7, 11) is 0. The van der Waals surface area contributed by atoms with Crippen molar-refractivity contribution < 1.29 is 4.79 Å². The summed E-state index contributed by atoms with van der Waals surface area (Å²) in [5, 5.41) is 0. The third-order valence-electron chi connectivity index (χ3n) is 1.68. The smallest absolute Gasteiger partial charge is 0.152 e. The molecule has 0 atom stereocenters. The van der Waals surface area contributed by atoms with Crippen molar-refractivity contribution in [2.24, 2.45) is 0 Å². The second kappa shape index (κ2) is 3.45. The fourth-order valence-electron chi connectivity index (χ4n) is 1.07. The van der Waals surface area contributed by atoms with Gasteiger partial charge in [0.05, 0.1) is 10.4 Å². The SMILES string of the molecule is O=Cc1cnccc1-c1cncs1. The van der Waals surface area contributed by atoms with E-state index in [4.69, 9.17) is 0 Å². The number of aromatic nitrogens is 2. The van der Waals surface area contributed by atoms with Crippen LogP contribution in [0.1, 0.15) is 10.4 Å². The number of pyridine rings is 1. The van der Waals surface area contributed by atoms with Crippen LogP contribution in [-0.2, 0) is 0 Å². The molecule has 13 heavy (non-hydrogen) atoms. The molecule has 2 aromatic rings. The summed E-state index contributed by atoms with van der Waals surface area (Å²) in [6.07, 6.45) is 5.78. The van der Waals surface area contributed by atoms with E-state index in [0.717, 1.165) is 16.7 Å². The van der Waals surface area contributed by atoms with Crippen LogP contribution in [-0.4, -0.2) is 16.3 Å². The molecule has 0 saturated heterocycles. The predicted octanol–water partition coefficient (Wildman–Crippen LogP) is 2.02. The van der Waals surface area contributed by atoms with Gasteiger partial charge < -0.3 is 0 Å². The molecule has 64 valence electrons. The molecule has 0 radical (unpaired) electrons. The van der Waals surface area contributed by atoms with Crippen molar-refractivity contribution >= 4 is 17.6 Å². The Hall–Kier alpha value is -1.55. The molecule has 0 saturated carbocycles. The highest BCUT2D eigenvalue weighted by Crippen LogP contribution is 2.24. The number of hydrogen-bond acceptors (Lipinski definition) is 4. The van der Waals surface area contributed by atoms with Gasteiger partial charge in [0.1, 0.15) is 0 Å². The Balaban J connectivity index is 2.57. The average Bonchev–Trinajstić information content (AvgIpc) is 2.70. The number of rotatable bonds is 2. The van der Waals surface area contributed by atoms with Gasteiger partial charge in [-0.2, -0.15) is 0 Å². The molecule has 0 bridgehead atoms. The van der Waals surface area contributed by atoms with Crippen molar-refractivity contribution in [3.05, 3.63) is 35.7 Å². The average molecular weight is 190 g/mol. The van der Waals surface area contributed by atoms with Crippen molar-refractivity contribution in [1.29, 1.82) is 0 Å². The molecule has 0 aliphatic carbocycles. The Morgan fingerprint density at radius 2 is 2.23 bits per heavy atom. The molecular weight excluding hydrogens is 184 g/mol. The Bertz CT molecular complexity index is 411. The molecule has 2 aromatic heterocycles. The maximum absolute atomic E-state index is 10.7. The zero-order valence-corrected chi connectivity index (χ0v) is 7.49. The van der Waals surface area contributed by atoms with E-state index >= 15 is 0 Å². The Morgan fingerprint density at radius 3 is 2.92 bits per heavy atom. The summed E-state index contributed by atoms with van der Waals surface area (Å²) in [5.41, 5.74) is 3.24. The van der Waals surface area contributed by atoms with Crippen LogP contribution in [0.5, 0.6) is 0 Å². The predicted molar refractivity (Wildman–Crippen MR) is 50.7 cm³/mol. The summed E-state index contributed by atoms with van der Waals surface area (Å²) >= 11 is 1.51. The number of carbonyl (C=O) groups is 1. The monoisotopic (exact) mass is 190 g/mol. The van der Waals surface area contributed by atoms with Crippen molar-refractivity contribution in [3.63, 3.8) is 0 Å². The first-order valence-corrected chi connectivity index (χ1v) is 4.58. The van der Waals surface area contributed by atoms with Crippen molar-refractivity contribution in [2.45, 2.75) is 0 Å². The van der Waals surface area contributed by atoms with Gasteiger partial charge in [0.25, 0.3) is 0 Å². The molecule has 0 aromatic carbocycles. The summed E-state index contributed by atoms with van der Waals surface area (Å²) in [6.45, 7) is 0. The van der Waals surface area contributed by atoms with Gasteiger partial charge >= 0.3 is 0 Å². The zero-order chi connectivity index (χ0) is 9.10. The molecule has 0 aliphatic rings. The normalized spacial score (nSPS) is 9.85. The van der Waals surface area contributed by atoms with E-state index in [1.165, 1.54) is 11.3 Å². The maximum Gasteiger partial charge on any atom is 0.152 e. The number of aldehydes is 1. The second-order valence-corrected chi connectivity index (χ2v) is 3.33. The van der Waals surface area contributed by atoms with E-state index in [1.54, 1.807) is 24.1 Å². The van der Waals surface area contributed by atoms with Crippen molar-refractivity contribution in [3.8, 4) is 10.4 Å². The summed E-state index contributed by atoms with van der Waals surface area (Å²) < 4.78 is 0. The molecule has 0 fully saturated rings. The number of nitrogens with zero attached hydrogens (tertiary/aromatic N) is 2. The fraction of sp³-hybridized carbons (Fsp3) is 0. The van der Waals surface area contributed by atoms with Gasteiger partial charge in [-0.05, 0) is 6.07 Å². The molecule has 0 N–H and O–H groups in total.